The van der Waals surface area contributed by atoms with Gasteiger partial charge in [-0.3, -0.25) is 14.6 Å². The maximum absolute atomic E-state index is 12.8. The zero-order valence-electron chi connectivity index (χ0n) is 13.8. The lowest BCUT2D eigenvalue weighted by molar-refractivity contribution is -0.125. The van der Waals surface area contributed by atoms with E-state index in [2.05, 4.69) is 15.3 Å². The molecular weight excluding hydrogens is 324 g/mol. The Bertz CT molecular complexity index is 736. The van der Waals surface area contributed by atoms with Crippen molar-refractivity contribution in [2.24, 2.45) is 5.92 Å². The Kier molecular flexibility index (Phi) is 4.89. The first-order chi connectivity index (χ1) is 11.6. The van der Waals surface area contributed by atoms with Crippen LogP contribution in [0.25, 0.3) is 10.7 Å². The van der Waals surface area contributed by atoms with E-state index >= 15 is 0 Å². The molecule has 0 aromatic carbocycles. The van der Waals surface area contributed by atoms with E-state index in [0.29, 0.717) is 30.8 Å². The molecule has 1 aliphatic heterocycles. The van der Waals surface area contributed by atoms with Crippen molar-refractivity contribution in [2.45, 2.75) is 19.8 Å². The minimum atomic E-state index is 0.00235. The molecule has 1 saturated heterocycles. The van der Waals surface area contributed by atoms with E-state index in [-0.39, 0.29) is 17.7 Å². The standard InChI is InChI=1S/C17H20N4O2S/c1-11-14(24-16(20-11)13-5-3-4-8-19-13)17(23)21-9-6-12(7-10-21)15(22)18-2/h3-5,8,12H,6-7,9-10H2,1-2H3,(H,18,22). The Hall–Kier alpha value is -2.28. The van der Waals surface area contributed by atoms with Crippen LogP contribution in [0.15, 0.2) is 24.4 Å². The molecule has 2 aromatic rings. The van der Waals surface area contributed by atoms with E-state index in [9.17, 15) is 9.59 Å². The summed E-state index contributed by atoms with van der Waals surface area (Å²) in [6.07, 6.45) is 3.13. The van der Waals surface area contributed by atoms with E-state index in [1.165, 1.54) is 11.3 Å². The van der Waals surface area contributed by atoms with Crippen molar-refractivity contribution in [1.29, 1.82) is 0 Å². The topological polar surface area (TPSA) is 75.2 Å². The van der Waals surface area contributed by atoms with Gasteiger partial charge in [-0.25, -0.2) is 4.98 Å². The number of aryl methyl sites for hydroxylation is 1. The molecule has 3 rings (SSSR count). The van der Waals surface area contributed by atoms with Crippen LogP contribution in [0, 0.1) is 12.8 Å². The average molecular weight is 344 g/mol. The SMILES string of the molecule is CNC(=O)C1CCN(C(=O)c2sc(-c3ccccn3)nc2C)CC1. The molecule has 0 spiro atoms. The monoisotopic (exact) mass is 344 g/mol. The van der Waals surface area contributed by atoms with E-state index in [4.69, 9.17) is 0 Å². The van der Waals surface area contributed by atoms with E-state index in [0.717, 1.165) is 16.4 Å². The Morgan fingerprint density at radius 2 is 2.04 bits per heavy atom. The third-order valence-electron chi connectivity index (χ3n) is 4.27. The van der Waals surface area contributed by atoms with Crippen molar-refractivity contribution in [1.82, 2.24) is 20.2 Å². The number of piperidine rings is 1. The van der Waals surface area contributed by atoms with Crippen molar-refractivity contribution in [3.63, 3.8) is 0 Å². The molecule has 0 radical (unpaired) electrons. The van der Waals surface area contributed by atoms with Gasteiger partial charge in [0.2, 0.25) is 5.91 Å². The summed E-state index contributed by atoms with van der Waals surface area (Å²) in [6.45, 7) is 3.06. The van der Waals surface area contributed by atoms with Gasteiger partial charge in [0.25, 0.3) is 5.91 Å². The van der Waals surface area contributed by atoms with Crippen LogP contribution in [0.4, 0.5) is 0 Å². The predicted octanol–water partition coefficient (Wildman–Crippen LogP) is 2.11. The number of carbonyl (C=O) groups excluding carboxylic acids is 2. The zero-order chi connectivity index (χ0) is 17.1. The molecule has 0 bridgehead atoms. The van der Waals surface area contributed by atoms with Crippen LogP contribution in [0.2, 0.25) is 0 Å². The highest BCUT2D eigenvalue weighted by Crippen LogP contribution is 2.28. The fraction of sp³-hybridized carbons (Fsp3) is 0.412. The number of hydrogen-bond donors (Lipinski definition) is 1. The van der Waals surface area contributed by atoms with Crippen molar-refractivity contribution in [2.75, 3.05) is 20.1 Å². The third-order valence-corrected chi connectivity index (χ3v) is 5.44. The fourth-order valence-corrected chi connectivity index (χ4v) is 3.90. The maximum atomic E-state index is 12.8. The highest BCUT2D eigenvalue weighted by atomic mass is 32.1. The van der Waals surface area contributed by atoms with Crippen LogP contribution in [0.5, 0.6) is 0 Å². The summed E-state index contributed by atoms with van der Waals surface area (Å²) < 4.78 is 0. The summed E-state index contributed by atoms with van der Waals surface area (Å²) in [4.78, 5) is 35.8. The van der Waals surface area contributed by atoms with E-state index in [1.54, 1.807) is 13.2 Å². The molecule has 0 saturated carbocycles. The quantitative estimate of drug-likeness (QED) is 0.925. The van der Waals surface area contributed by atoms with Crippen LogP contribution < -0.4 is 5.32 Å². The fourth-order valence-electron chi connectivity index (χ4n) is 2.89. The highest BCUT2D eigenvalue weighted by molar-refractivity contribution is 7.17. The number of pyridine rings is 1. The molecule has 3 heterocycles. The second kappa shape index (κ2) is 7.09. The molecular formula is C17H20N4O2S. The largest absolute Gasteiger partial charge is 0.359 e. The van der Waals surface area contributed by atoms with Gasteiger partial charge in [-0.05, 0) is 31.9 Å². The molecule has 1 fully saturated rings. The number of thiazole rings is 1. The van der Waals surface area contributed by atoms with Crippen LogP contribution in [-0.4, -0.2) is 46.8 Å². The third kappa shape index (κ3) is 3.31. The number of hydrogen-bond acceptors (Lipinski definition) is 5. The van der Waals surface area contributed by atoms with Crippen LogP contribution >= 0.6 is 11.3 Å². The van der Waals surface area contributed by atoms with Gasteiger partial charge in [0.15, 0.2) is 0 Å². The van der Waals surface area contributed by atoms with Crippen molar-refractivity contribution in [3.8, 4) is 10.7 Å². The van der Waals surface area contributed by atoms with Gasteiger partial charge in [-0.15, -0.1) is 11.3 Å². The summed E-state index contributed by atoms with van der Waals surface area (Å²) in [5, 5.41) is 3.44. The first kappa shape index (κ1) is 16.6. The van der Waals surface area contributed by atoms with Crippen LogP contribution in [0.3, 0.4) is 0 Å². The van der Waals surface area contributed by atoms with Gasteiger partial charge in [0, 0.05) is 32.3 Å². The molecule has 126 valence electrons. The van der Waals surface area contributed by atoms with Gasteiger partial charge in [0.1, 0.15) is 9.88 Å². The molecule has 0 unspecified atom stereocenters. The Labute approximate surface area is 144 Å². The average Bonchev–Trinajstić information content (AvgIpc) is 3.03. The molecule has 2 aromatic heterocycles. The second-order valence-electron chi connectivity index (χ2n) is 5.83. The Morgan fingerprint density at radius 1 is 1.29 bits per heavy atom. The first-order valence-electron chi connectivity index (χ1n) is 8.00. The van der Waals surface area contributed by atoms with Gasteiger partial charge in [-0.1, -0.05) is 6.07 Å². The lowest BCUT2D eigenvalue weighted by Crippen LogP contribution is -2.42. The molecule has 24 heavy (non-hydrogen) atoms. The molecule has 2 amide bonds. The maximum Gasteiger partial charge on any atom is 0.265 e. The van der Waals surface area contributed by atoms with Gasteiger partial charge < -0.3 is 10.2 Å². The van der Waals surface area contributed by atoms with Crippen LogP contribution in [-0.2, 0) is 4.79 Å². The first-order valence-corrected chi connectivity index (χ1v) is 8.81. The summed E-state index contributed by atoms with van der Waals surface area (Å²) in [7, 11) is 1.65. The van der Waals surface area contributed by atoms with Crippen molar-refractivity contribution < 1.29 is 9.59 Å². The van der Waals surface area contributed by atoms with Crippen molar-refractivity contribution >= 4 is 23.2 Å². The number of nitrogens with one attached hydrogen (secondary N) is 1. The number of carbonyl (C=O) groups is 2. The molecule has 6 nitrogen and oxygen atoms in total. The minimum Gasteiger partial charge on any atom is -0.359 e. The van der Waals surface area contributed by atoms with Gasteiger partial charge >= 0.3 is 0 Å². The zero-order valence-corrected chi connectivity index (χ0v) is 14.6. The smallest absolute Gasteiger partial charge is 0.265 e. The summed E-state index contributed by atoms with van der Waals surface area (Å²) in [6, 6.07) is 5.65. The van der Waals surface area contributed by atoms with Gasteiger partial charge in [-0.2, -0.15) is 0 Å². The Morgan fingerprint density at radius 3 is 2.67 bits per heavy atom. The molecule has 7 heteroatoms. The normalized spacial score (nSPS) is 15.3. The lowest BCUT2D eigenvalue weighted by atomic mass is 9.96. The van der Waals surface area contributed by atoms with Crippen molar-refractivity contribution in [3.05, 3.63) is 35.0 Å². The molecule has 0 aliphatic carbocycles. The molecule has 0 atom stereocenters. The predicted molar refractivity (Wildman–Crippen MR) is 92.8 cm³/mol. The van der Waals surface area contributed by atoms with E-state index < -0.39 is 0 Å². The number of nitrogens with zero attached hydrogens (tertiary/aromatic N) is 3. The minimum absolute atomic E-state index is 0.00235. The van der Waals surface area contributed by atoms with E-state index in [1.807, 2.05) is 30.0 Å². The summed E-state index contributed by atoms with van der Waals surface area (Å²) in [5.74, 6) is 0.0710. The number of aromatic nitrogens is 2. The highest BCUT2D eigenvalue weighted by Gasteiger charge is 2.29. The van der Waals surface area contributed by atoms with Crippen LogP contribution in [0.1, 0.15) is 28.2 Å². The second-order valence-corrected chi connectivity index (χ2v) is 6.83. The number of amides is 2. The summed E-state index contributed by atoms with van der Waals surface area (Å²) in [5.41, 5.74) is 1.52. The Balaban J connectivity index is 1.72. The molecule has 1 aliphatic rings. The number of likely N-dealkylation sites (tertiary alicyclic amines) is 1. The summed E-state index contributed by atoms with van der Waals surface area (Å²) >= 11 is 1.38. The van der Waals surface area contributed by atoms with Gasteiger partial charge in [0.05, 0.1) is 11.4 Å². The molecule has 1 N–H and O–H groups in total. The lowest BCUT2D eigenvalue weighted by Gasteiger charge is -2.30. The number of rotatable bonds is 3.